The summed E-state index contributed by atoms with van der Waals surface area (Å²) in [6.07, 6.45) is 3.23. The van der Waals surface area contributed by atoms with Crippen molar-refractivity contribution in [1.82, 2.24) is 9.97 Å². The van der Waals surface area contributed by atoms with Crippen LogP contribution in [-0.4, -0.2) is 17.0 Å². The van der Waals surface area contributed by atoms with Gasteiger partial charge in [-0.15, -0.1) is 0 Å². The van der Waals surface area contributed by atoms with E-state index in [9.17, 15) is 0 Å². The Kier molecular flexibility index (Phi) is 5.04. The van der Waals surface area contributed by atoms with Gasteiger partial charge in [-0.3, -0.25) is 0 Å². The zero-order chi connectivity index (χ0) is 14.5. The Morgan fingerprint density at radius 1 is 1.25 bits per heavy atom. The number of rotatable bonds is 5. The summed E-state index contributed by atoms with van der Waals surface area (Å²) < 4.78 is 5.81. The molecule has 1 aromatic carbocycles. The highest BCUT2D eigenvalue weighted by Crippen LogP contribution is 2.34. The van der Waals surface area contributed by atoms with Crippen LogP contribution in [0.5, 0.6) is 11.6 Å². The van der Waals surface area contributed by atoms with Gasteiger partial charge in [0.2, 0.25) is 5.88 Å². The average Bonchev–Trinajstić information content (AvgIpc) is 2.45. The Balaban J connectivity index is 2.39. The summed E-state index contributed by atoms with van der Waals surface area (Å²) in [5.74, 6) is 1.74. The molecule has 4 nitrogen and oxygen atoms in total. The monoisotopic (exact) mass is 311 g/mol. The SMILES string of the molecule is CCCc1c(NC)ncnc1Oc1cc(Cl)ccc1Cl. The number of aromatic nitrogens is 2. The fourth-order valence-electron chi connectivity index (χ4n) is 1.83. The van der Waals surface area contributed by atoms with Crippen molar-refractivity contribution in [3.63, 3.8) is 0 Å². The number of hydrogen-bond donors (Lipinski definition) is 1. The molecule has 0 atom stereocenters. The van der Waals surface area contributed by atoms with Crippen LogP contribution in [-0.2, 0) is 6.42 Å². The van der Waals surface area contributed by atoms with E-state index in [4.69, 9.17) is 27.9 Å². The maximum Gasteiger partial charge on any atom is 0.227 e. The van der Waals surface area contributed by atoms with Gasteiger partial charge in [0.05, 0.1) is 10.6 Å². The molecule has 0 saturated carbocycles. The van der Waals surface area contributed by atoms with Crippen molar-refractivity contribution in [2.24, 2.45) is 0 Å². The van der Waals surface area contributed by atoms with E-state index in [2.05, 4.69) is 22.2 Å². The van der Waals surface area contributed by atoms with Gasteiger partial charge in [-0.2, -0.15) is 0 Å². The van der Waals surface area contributed by atoms with Gasteiger partial charge in [-0.25, -0.2) is 9.97 Å². The fourth-order valence-corrected chi connectivity index (χ4v) is 2.15. The molecule has 2 aromatic rings. The van der Waals surface area contributed by atoms with E-state index >= 15 is 0 Å². The largest absolute Gasteiger partial charge is 0.437 e. The molecule has 0 aliphatic heterocycles. The highest BCUT2D eigenvalue weighted by molar-refractivity contribution is 6.34. The third-order valence-electron chi connectivity index (χ3n) is 2.74. The first-order chi connectivity index (χ1) is 9.65. The van der Waals surface area contributed by atoms with Gasteiger partial charge in [-0.1, -0.05) is 36.5 Å². The molecule has 2 rings (SSSR count). The van der Waals surface area contributed by atoms with Crippen LogP contribution < -0.4 is 10.1 Å². The molecule has 0 fully saturated rings. The summed E-state index contributed by atoms with van der Waals surface area (Å²) in [5, 5.41) is 4.09. The first-order valence-corrected chi connectivity index (χ1v) is 7.05. The molecule has 1 N–H and O–H groups in total. The zero-order valence-electron chi connectivity index (χ0n) is 11.3. The summed E-state index contributed by atoms with van der Waals surface area (Å²) in [4.78, 5) is 8.39. The standard InChI is InChI=1S/C14H15Cl2N3O/c1-3-4-10-13(17-2)18-8-19-14(10)20-12-7-9(15)5-6-11(12)16/h5-8H,3-4H2,1-2H3,(H,17,18,19). The predicted molar refractivity (Wildman–Crippen MR) is 82.1 cm³/mol. The predicted octanol–water partition coefficient (Wildman–Crippen LogP) is 4.57. The fraction of sp³-hybridized carbons (Fsp3) is 0.286. The van der Waals surface area contributed by atoms with Crippen LogP contribution in [0.25, 0.3) is 0 Å². The number of ether oxygens (including phenoxy) is 1. The third-order valence-corrected chi connectivity index (χ3v) is 3.29. The Morgan fingerprint density at radius 2 is 2.05 bits per heavy atom. The van der Waals surface area contributed by atoms with Gasteiger partial charge in [0.25, 0.3) is 0 Å². The lowest BCUT2D eigenvalue weighted by atomic mass is 10.1. The molecule has 0 amide bonds. The topological polar surface area (TPSA) is 47.0 Å². The van der Waals surface area contributed by atoms with Gasteiger partial charge in [0.15, 0.2) is 0 Å². The Hall–Kier alpha value is -1.52. The second-order valence-electron chi connectivity index (χ2n) is 4.18. The van der Waals surface area contributed by atoms with E-state index in [0.29, 0.717) is 21.7 Å². The van der Waals surface area contributed by atoms with Crippen LogP contribution in [0.4, 0.5) is 5.82 Å². The van der Waals surface area contributed by atoms with E-state index < -0.39 is 0 Å². The molecule has 106 valence electrons. The molecule has 1 aromatic heterocycles. The summed E-state index contributed by atoms with van der Waals surface area (Å²) in [7, 11) is 1.82. The summed E-state index contributed by atoms with van der Waals surface area (Å²) >= 11 is 12.1. The van der Waals surface area contributed by atoms with Gasteiger partial charge < -0.3 is 10.1 Å². The normalized spacial score (nSPS) is 10.4. The van der Waals surface area contributed by atoms with Gasteiger partial charge in [0.1, 0.15) is 17.9 Å². The van der Waals surface area contributed by atoms with Crippen LogP contribution in [0, 0.1) is 0 Å². The average molecular weight is 312 g/mol. The molecule has 0 aliphatic rings. The molecule has 0 aliphatic carbocycles. The van der Waals surface area contributed by atoms with Crippen LogP contribution in [0.3, 0.4) is 0 Å². The summed E-state index contributed by atoms with van der Waals surface area (Å²) in [5.41, 5.74) is 0.925. The van der Waals surface area contributed by atoms with E-state index in [1.54, 1.807) is 18.2 Å². The molecule has 0 radical (unpaired) electrons. The van der Waals surface area contributed by atoms with Crippen molar-refractivity contribution in [2.75, 3.05) is 12.4 Å². The maximum absolute atomic E-state index is 6.11. The maximum atomic E-state index is 6.11. The Bertz CT molecular complexity index is 605. The van der Waals surface area contributed by atoms with Crippen molar-refractivity contribution >= 4 is 29.0 Å². The van der Waals surface area contributed by atoms with Crippen LogP contribution >= 0.6 is 23.2 Å². The minimum absolute atomic E-state index is 0.484. The minimum atomic E-state index is 0.484. The van der Waals surface area contributed by atoms with E-state index in [0.717, 1.165) is 24.2 Å². The number of nitrogens with zero attached hydrogens (tertiary/aromatic N) is 2. The molecule has 20 heavy (non-hydrogen) atoms. The lowest BCUT2D eigenvalue weighted by Gasteiger charge is -2.13. The molecule has 6 heteroatoms. The van der Waals surface area contributed by atoms with Crippen molar-refractivity contribution in [2.45, 2.75) is 19.8 Å². The zero-order valence-corrected chi connectivity index (χ0v) is 12.8. The molecular weight excluding hydrogens is 297 g/mol. The number of anilines is 1. The van der Waals surface area contributed by atoms with Gasteiger partial charge in [-0.05, 0) is 18.6 Å². The molecule has 0 unspecified atom stereocenters. The molecular formula is C14H15Cl2N3O. The van der Waals surface area contributed by atoms with Gasteiger partial charge in [0, 0.05) is 18.1 Å². The second kappa shape index (κ2) is 6.77. The van der Waals surface area contributed by atoms with Crippen molar-refractivity contribution in [1.29, 1.82) is 0 Å². The third kappa shape index (κ3) is 3.32. The Morgan fingerprint density at radius 3 is 2.75 bits per heavy atom. The summed E-state index contributed by atoms with van der Waals surface area (Å²) in [6, 6.07) is 5.07. The van der Waals surface area contributed by atoms with E-state index in [1.807, 2.05) is 7.05 Å². The minimum Gasteiger partial charge on any atom is -0.437 e. The number of benzene rings is 1. The van der Waals surface area contributed by atoms with Gasteiger partial charge >= 0.3 is 0 Å². The first kappa shape index (κ1) is 14.9. The number of hydrogen-bond acceptors (Lipinski definition) is 4. The second-order valence-corrected chi connectivity index (χ2v) is 5.03. The lowest BCUT2D eigenvalue weighted by Crippen LogP contribution is -2.03. The molecule has 1 heterocycles. The lowest BCUT2D eigenvalue weighted by molar-refractivity contribution is 0.454. The molecule has 0 bridgehead atoms. The Labute approximate surface area is 128 Å². The van der Waals surface area contributed by atoms with Crippen LogP contribution in [0.15, 0.2) is 24.5 Å². The number of nitrogens with one attached hydrogen (secondary N) is 1. The number of halogens is 2. The quantitative estimate of drug-likeness (QED) is 0.878. The molecule has 0 spiro atoms. The van der Waals surface area contributed by atoms with Crippen LogP contribution in [0.2, 0.25) is 10.0 Å². The summed E-state index contributed by atoms with van der Waals surface area (Å²) in [6.45, 7) is 2.09. The molecule has 0 saturated heterocycles. The van der Waals surface area contributed by atoms with E-state index in [-0.39, 0.29) is 0 Å². The van der Waals surface area contributed by atoms with Crippen molar-refractivity contribution in [3.05, 3.63) is 40.1 Å². The van der Waals surface area contributed by atoms with Crippen molar-refractivity contribution < 1.29 is 4.74 Å². The van der Waals surface area contributed by atoms with Crippen LogP contribution in [0.1, 0.15) is 18.9 Å². The first-order valence-electron chi connectivity index (χ1n) is 6.30. The highest BCUT2D eigenvalue weighted by atomic mass is 35.5. The van der Waals surface area contributed by atoms with Crippen molar-refractivity contribution in [3.8, 4) is 11.6 Å². The highest BCUT2D eigenvalue weighted by Gasteiger charge is 2.13. The smallest absolute Gasteiger partial charge is 0.227 e. The van der Waals surface area contributed by atoms with E-state index in [1.165, 1.54) is 6.33 Å².